The molecule has 0 saturated carbocycles. The van der Waals surface area contributed by atoms with Crippen molar-refractivity contribution >= 4 is 39.1 Å². The van der Waals surface area contributed by atoms with Gasteiger partial charge in [0.05, 0.1) is 15.2 Å². The number of likely N-dealkylation sites (tertiary alicyclic amines) is 1. The third-order valence-electron chi connectivity index (χ3n) is 4.52. The summed E-state index contributed by atoms with van der Waals surface area (Å²) < 4.78 is 1.19. The normalized spacial score (nSPS) is 21.5. The van der Waals surface area contributed by atoms with E-state index in [0.717, 1.165) is 29.9 Å². The molecule has 1 aromatic heterocycles. The molecule has 0 bridgehead atoms. The highest BCUT2D eigenvalue weighted by molar-refractivity contribution is 7.18. The van der Waals surface area contributed by atoms with E-state index in [2.05, 4.69) is 16.6 Å². The average molecular weight is 342 g/mol. The topological polar surface area (TPSA) is 74.7 Å². The summed E-state index contributed by atoms with van der Waals surface area (Å²) in [4.78, 5) is 30.4. The molecule has 0 spiro atoms. The Morgan fingerprint density at radius 1 is 1.29 bits per heavy atom. The van der Waals surface area contributed by atoms with Gasteiger partial charge in [-0.25, -0.2) is 10.4 Å². The molecular weight excluding hydrogens is 324 g/mol. The molecule has 24 heavy (non-hydrogen) atoms. The predicted molar refractivity (Wildman–Crippen MR) is 93.0 cm³/mol. The molecule has 2 aromatic rings. The molecule has 0 radical (unpaired) electrons. The van der Waals surface area contributed by atoms with Gasteiger partial charge in [-0.2, -0.15) is 5.10 Å². The maximum atomic E-state index is 12.6. The predicted octanol–water partition coefficient (Wildman–Crippen LogP) is 2.27. The third-order valence-corrected chi connectivity index (χ3v) is 5.72. The van der Waals surface area contributed by atoms with Crippen molar-refractivity contribution in [3.8, 4) is 0 Å². The molecule has 2 aliphatic rings. The molecule has 0 unspecified atom stereocenters. The van der Waals surface area contributed by atoms with E-state index in [0.29, 0.717) is 25.1 Å². The number of nitrogens with zero attached hydrogens (tertiary/aromatic N) is 3. The monoisotopic (exact) mass is 342 g/mol. The van der Waals surface area contributed by atoms with Crippen LogP contribution in [0, 0.1) is 0 Å². The van der Waals surface area contributed by atoms with Gasteiger partial charge in [-0.3, -0.25) is 9.59 Å². The number of para-hydroxylation sites is 1. The fourth-order valence-corrected chi connectivity index (χ4v) is 4.33. The summed E-state index contributed by atoms with van der Waals surface area (Å²) in [6.45, 7) is 1.42. The molecule has 1 atom stereocenters. The van der Waals surface area contributed by atoms with Crippen molar-refractivity contribution in [2.24, 2.45) is 5.10 Å². The lowest BCUT2D eigenvalue weighted by Gasteiger charge is -2.32. The van der Waals surface area contributed by atoms with Gasteiger partial charge in [0.1, 0.15) is 5.71 Å². The Morgan fingerprint density at radius 3 is 2.96 bits per heavy atom. The third kappa shape index (κ3) is 2.91. The van der Waals surface area contributed by atoms with Crippen LogP contribution in [0.15, 0.2) is 29.4 Å². The van der Waals surface area contributed by atoms with E-state index in [9.17, 15) is 9.59 Å². The second-order valence-corrected chi connectivity index (χ2v) is 7.27. The van der Waals surface area contributed by atoms with Gasteiger partial charge in [-0.15, -0.1) is 11.3 Å². The van der Waals surface area contributed by atoms with Crippen molar-refractivity contribution in [2.45, 2.75) is 31.6 Å². The number of rotatable bonds is 2. The molecule has 6 nitrogen and oxygen atoms in total. The second-order valence-electron chi connectivity index (χ2n) is 6.20. The van der Waals surface area contributed by atoms with Crippen LogP contribution < -0.4 is 5.43 Å². The van der Waals surface area contributed by atoms with E-state index >= 15 is 0 Å². The SMILES string of the molecule is O=C1CCC(C(=O)N2CCC[C@@H](c3nc4ccccc4s3)C2)=NN1. The molecule has 4 rings (SSSR count). The van der Waals surface area contributed by atoms with E-state index in [1.54, 1.807) is 11.3 Å². The molecule has 124 valence electrons. The lowest BCUT2D eigenvalue weighted by Crippen LogP contribution is -2.44. The van der Waals surface area contributed by atoms with Crippen LogP contribution in [0.25, 0.3) is 10.2 Å². The maximum Gasteiger partial charge on any atom is 0.270 e. The summed E-state index contributed by atoms with van der Waals surface area (Å²) in [5, 5.41) is 5.04. The number of hydrogen-bond acceptors (Lipinski definition) is 5. The summed E-state index contributed by atoms with van der Waals surface area (Å²) in [6.07, 6.45) is 2.77. The minimum absolute atomic E-state index is 0.0548. The first-order valence-corrected chi connectivity index (χ1v) is 9.02. The minimum atomic E-state index is -0.127. The van der Waals surface area contributed by atoms with Crippen LogP contribution >= 0.6 is 11.3 Å². The van der Waals surface area contributed by atoms with Crippen molar-refractivity contribution in [1.29, 1.82) is 0 Å². The van der Waals surface area contributed by atoms with Crippen LogP contribution in [-0.4, -0.2) is 40.5 Å². The van der Waals surface area contributed by atoms with Crippen LogP contribution in [0.3, 0.4) is 0 Å². The first kappa shape index (κ1) is 15.3. The lowest BCUT2D eigenvalue weighted by atomic mass is 9.98. The number of benzene rings is 1. The number of fused-ring (bicyclic) bond motifs is 1. The van der Waals surface area contributed by atoms with Crippen molar-refractivity contribution in [1.82, 2.24) is 15.3 Å². The summed E-state index contributed by atoms with van der Waals surface area (Å²) in [5.74, 6) is 0.0947. The highest BCUT2D eigenvalue weighted by Gasteiger charge is 2.30. The Hall–Kier alpha value is -2.28. The fourth-order valence-electron chi connectivity index (χ4n) is 3.24. The Labute approximate surface area is 143 Å². The van der Waals surface area contributed by atoms with Gasteiger partial charge in [0.2, 0.25) is 5.91 Å². The van der Waals surface area contributed by atoms with Gasteiger partial charge < -0.3 is 4.90 Å². The lowest BCUT2D eigenvalue weighted by molar-refractivity contribution is -0.125. The second kappa shape index (κ2) is 6.32. The molecule has 3 heterocycles. The standard InChI is InChI=1S/C17H18N4O2S/c22-15-8-7-13(19-20-15)17(23)21-9-3-4-11(10-21)16-18-12-5-1-2-6-14(12)24-16/h1-2,5-6,11H,3-4,7-10H2,(H,20,22)/t11-/m1/s1. The fraction of sp³-hybridized carbons (Fsp3) is 0.412. The van der Waals surface area contributed by atoms with Gasteiger partial charge in [0.15, 0.2) is 0 Å². The smallest absolute Gasteiger partial charge is 0.270 e. The number of hydrogen-bond donors (Lipinski definition) is 1. The summed E-state index contributed by atoms with van der Waals surface area (Å²) in [6, 6.07) is 8.14. The largest absolute Gasteiger partial charge is 0.337 e. The molecular formula is C17H18N4O2S. The molecule has 1 fully saturated rings. The zero-order valence-electron chi connectivity index (χ0n) is 13.2. The van der Waals surface area contributed by atoms with Gasteiger partial charge in [-0.1, -0.05) is 12.1 Å². The quantitative estimate of drug-likeness (QED) is 0.910. The number of carbonyl (C=O) groups is 2. The molecule has 1 aromatic carbocycles. The highest BCUT2D eigenvalue weighted by Crippen LogP contribution is 2.33. The minimum Gasteiger partial charge on any atom is -0.337 e. The molecule has 2 amide bonds. The van der Waals surface area contributed by atoms with Gasteiger partial charge in [0, 0.05) is 31.8 Å². The summed E-state index contributed by atoms with van der Waals surface area (Å²) >= 11 is 1.72. The highest BCUT2D eigenvalue weighted by atomic mass is 32.1. The zero-order valence-corrected chi connectivity index (χ0v) is 14.0. The molecule has 1 N–H and O–H groups in total. The molecule has 1 saturated heterocycles. The number of thiazole rings is 1. The molecule has 2 aliphatic heterocycles. The maximum absolute atomic E-state index is 12.6. The Kier molecular flexibility index (Phi) is 4.02. The molecule has 0 aliphatic carbocycles. The van der Waals surface area contributed by atoms with E-state index in [1.165, 1.54) is 4.70 Å². The summed E-state index contributed by atoms with van der Waals surface area (Å²) in [7, 11) is 0. The number of amides is 2. The molecule has 7 heteroatoms. The van der Waals surface area contributed by atoms with Gasteiger partial charge >= 0.3 is 0 Å². The van der Waals surface area contributed by atoms with E-state index < -0.39 is 0 Å². The Bertz CT molecular complexity index is 796. The van der Waals surface area contributed by atoms with E-state index in [1.807, 2.05) is 23.1 Å². The van der Waals surface area contributed by atoms with Crippen LogP contribution in [0.5, 0.6) is 0 Å². The van der Waals surface area contributed by atoms with E-state index in [-0.39, 0.29) is 17.7 Å². The zero-order chi connectivity index (χ0) is 16.5. The van der Waals surface area contributed by atoms with Crippen molar-refractivity contribution in [3.63, 3.8) is 0 Å². The van der Waals surface area contributed by atoms with Crippen LogP contribution in [-0.2, 0) is 9.59 Å². The number of carbonyl (C=O) groups excluding carboxylic acids is 2. The van der Waals surface area contributed by atoms with E-state index in [4.69, 9.17) is 4.98 Å². The van der Waals surface area contributed by atoms with Crippen molar-refractivity contribution in [2.75, 3.05) is 13.1 Å². The van der Waals surface area contributed by atoms with Gasteiger partial charge in [0.25, 0.3) is 5.91 Å². The first-order valence-electron chi connectivity index (χ1n) is 8.21. The van der Waals surface area contributed by atoms with Crippen LogP contribution in [0.1, 0.15) is 36.6 Å². The average Bonchev–Trinajstić information content (AvgIpc) is 3.06. The Morgan fingerprint density at radius 2 is 2.17 bits per heavy atom. The number of nitrogens with one attached hydrogen (secondary N) is 1. The van der Waals surface area contributed by atoms with Crippen LogP contribution in [0.2, 0.25) is 0 Å². The van der Waals surface area contributed by atoms with Crippen molar-refractivity contribution in [3.05, 3.63) is 29.3 Å². The number of aromatic nitrogens is 1. The first-order chi connectivity index (χ1) is 11.7. The van der Waals surface area contributed by atoms with Gasteiger partial charge in [-0.05, 0) is 25.0 Å². The number of piperidine rings is 1. The van der Waals surface area contributed by atoms with Crippen LogP contribution in [0.4, 0.5) is 0 Å². The summed E-state index contributed by atoms with van der Waals surface area (Å²) in [5.41, 5.74) is 3.89. The van der Waals surface area contributed by atoms with Crippen molar-refractivity contribution < 1.29 is 9.59 Å². The Balaban J connectivity index is 1.51. The number of hydrazone groups is 1.